The third-order valence-electron chi connectivity index (χ3n) is 5.86. The first-order chi connectivity index (χ1) is 16.8. The van der Waals surface area contributed by atoms with Gasteiger partial charge >= 0.3 is 6.09 Å². The highest BCUT2D eigenvalue weighted by Crippen LogP contribution is 2.35. The molecule has 0 saturated carbocycles. The van der Waals surface area contributed by atoms with E-state index in [0.29, 0.717) is 22.5 Å². The summed E-state index contributed by atoms with van der Waals surface area (Å²) in [6.45, 7) is 5.28. The Morgan fingerprint density at radius 1 is 1.09 bits per heavy atom. The van der Waals surface area contributed by atoms with Crippen LogP contribution in [0.2, 0.25) is 0 Å². The Kier molecular flexibility index (Phi) is 6.64. The van der Waals surface area contributed by atoms with Crippen molar-refractivity contribution in [1.29, 1.82) is 0 Å². The molecule has 0 aliphatic carbocycles. The summed E-state index contributed by atoms with van der Waals surface area (Å²) in [7, 11) is 1.32. The smallest absolute Gasteiger partial charge is 0.411 e. The molecular weight excluding hydrogens is 442 g/mol. The number of amides is 1. The maximum Gasteiger partial charge on any atom is 0.411 e. The van der Waals surface area contributed by atoms with E-state index in [0.717, 1.165) is 27.9 Å². The second-order valence-corrected chi connectivity index (χ2v) is 8.28. The van der Waals surface area contributed by atoms with E-state index in [-0.39, 0.29) is 11.8 Å². The fourth-order valence-corrected chi connectivity index (χ4v) is 4.17. The first-order valence-electron chi connectivity index (χ1n) is 11.1. The van der Waals surface area contributed by atoms with E-state index in [1.54, 1.807) is 31.5 Å². The van der Waals surface area contributed by atoms with Crippen molar-refractivity contribution in [2.24, 2.45) is 5.73 Å². The molecule has 0 spiro atoms. The minimum Gasteiger partial charge on any atom is -0.453 e. The van der Waals surface area contributed by atoms with E-state index in [2.05, 4.69) is 26.5 Å². The van der Waals surface area contributed by atoms with Crippen LogP contribution in [-0.4, -0.2) is 33.5 Å². The number of carbonyl (C=O) groups excluding carboxylic acids is 2. The third kappa shape index (κ3) is 4.77. The summed E-state index contributed by atoms with van der Waals surface area (Å²) in [6, 6.07) is 15.1. The largest absolute Gasteiger partial charge is 0.453 e. The molecule has 0 aliphatic rings. The molecule has 4 aromatic rings. The van der Waals surface area contributed by atoms with E-state index in [1.807, 2.05) is 42.6 Å². The maximum atomic E-state index is 12.3. The number of Topliss-reactive ketones (excluding diaryl/α,β-unsaturated/α-hetero) is 1. The number of nitrogens with one attached hydrogen (secondary N) is 1. The van der Waals surface area contributed by atoms with Crippen LogP contribution in [0.4, 0.5) is 10.5 Å². The highest BCUT2D eigenvalue weighted by molar-refractivity contribution is 6.20. The number of carbonyl (C=O) groups is 2. The lowest BCUT2D eigenvalue weighted by Gasteiger charge is -2.15. The molecule has 3 aromatic heterocycles. The van der Waals surface area contributed by atoms with Crippen molar-refractivity contribution in [2.45, 2.75) is 26.8 Å². The molecule has 3 N–H and O–H groups in total. The summed E-state index contributed by atoms with van der Waals surface area (Å²) in [5.41, 5.74) is 12.6. The average molecular weight is 470 g/mol. The molecule has 3 heterocycles. The lowest BCUT2D eigenvalue weighted by molar-refractivity contribution is -0.111. The van der Waals surface area contributed by atoms with Crippen LogP contribution in [0.15, 0.2) is 72.8 Å². The molecule has 35 heavy (non-hydrogen) atoms. The Bertz CT molecular complexity index is 1420. The highest BCUT2D eigenvalue weighted by Gasteiger charge is 2.20. The van der Waals surface area contributed by atoms with Crippen LogP contribution >= 0.6 is 0 Å². The lowest BCUT2D eigenvalue weighted by Crippen LogP contribution is -2.10. The number of rotatable bonds is 6. The fraction of sp³-hybridized carbons (Fsp3) is 0.185. The van der Waals surface area contributed by atoms with Gasteiger partial charge in [-0.05, 0) is 56.7 Å². The van der Waals surface area contributed by atoms with E-state index < -0.39 is 6.09 Å². The number of ether oxygens (including phenoxy) is 1. The minimum atomic E-state index is -0.530. The van der Waals surface area contributed by atoms with Gasteiger partial charge in [0.15, 0.2) is 5.78 Å². The van der Waals surface area contributed by atoms with Gasteiger partial charge in [0.2, 0.25) is 0 Å². The molecule has 0 saturated heterocycles. The molecule has 0 fully saturated rings. The van der Waals surface area contributed by atoms with Crippen LogP contribution in [0.25, 0.3) is 27.7 Å². The molecule has 1 atom stereocenters. The Hall–Kier alpha value is -4.46. The second-order valence-electron chi connectivity index (χ2n) is 8.28. The van der Waals surface area contributed by atoms with Crippen molar-refractivity contribution < 1.29 is 14.3 Å². The standard InChI is InChI=1S/C27H27N5O3/c1-16(28)25(18(3)33)20-13-24-26(30-14-20)22(15-32(24)17(2)23-7-5-6-12-29-23)19-8-10-21(11-9-19)31-27(34)35-4/h5-15,17H,28H2,1-4H3,(H,31,34)/t17-/m0/s1. The van der Waals surface area contributed by atoms with Crippen molar-refractivity contribution >= 4 is 34.2 Å². The zero-order chi connectivity index (χ0) is 25.1. The van der Waals surface area contributed by atoms with Crippen molar-refractivity contribution in [3.05, 3.63) is 84.1 Å². The summed E-state index contributed by atoms with van der Waals surface area (Å²) in [4.78, 5) is 33.1. The lowest BCUT2D eigenvalue weighted by atomic mass is 10.0. The zero-order valence-electron chi connectivity index (χ0n) is 20.1. The first kappa shape index (κ1) is 23.7. The van der Waals surface area contributed by atoms with E-state index in [4.69, 9.17) is 10.7 Å². The topological polar surface area (TPSA) is 112 Å². The number of aromatic nitrogens is 3. The zero-order valence-corrected chi connectivity index (χ0v) is 20.1. The van der Waals surface area contributed by atoms with Crippen molar-refractivity contribution in [2.75, 3.05) is 12.4 Å². The maximum absolute atomic E-state index is 12.3. The molecule has 1 amide bonds. The molecule has 1 aromatic carbocycles. The predicted octanol–water partition coefficient (Wildman–Crippen LogP) is 5.16. The van der Waals surface area contributed by atoms with Gasteiger partial charge < -0.3 is 15.0 Å². The Morgan fingerprint density at radius 2 is 1.83 bits per heavy atom. The van der Waals surface area contributed by atoms with Gasteiger partial charge in [-0.25, -0.2) is 4.79 Å². The van der Waals surface area contributed by atoms with Crippen molar-refractivity contribution in [1.82, 2.24) is 14.5 Å². The predicted molar refractivity (Wildman–Crippen MR) is 137 cm³/mol. The van der Waals surface area contributed by atoms with Gasteiger partial charge in [-0.15, -0.1) is 0 Å². The normalized spacial score (nSPS) is 12.7. The van der Waals surface area contributed by atoms with Crippen molar-refractivity contribution in [3.8, 4) is 11.1 Å². The minimum absolute atomic E-state index is 0.0894. The number of hydrogen-bond acceptors (Lipinski definition) is 6. The molecule has 178 valence electrons. The number of anilines is 1. The molecular formula is C27H27N5O3. The van der Waals surface area contributed by atoms with Crippen LogP contribution in [0.1, 0.15) is 38.1 Å². The quantitative estimate of drug-likeness (QED) is 0.377. The van der Waals surface area contributed by atoms with Crippen LogP contribution in [0, 0.1) is 0 Å². The summed E-state index contributed by atoms with van der Waals surface area (Å²) < 4.78 is 6.76. The average Bonchev–Trinajstić information content (AvgIpc) is 3.23. The number of hydrogen-bond donors (Lipinski definition) is 2. The van der Waals surface area contributed by atoms with Gasteiger partial charge in [0.05, 0.1) is 29.9 Å². The van der Waals surface area contributed by atoms with Crippen LogP contribution in [0.5, 0.6) is 0 Å². The number of methoxy groups -OCH3 is 1. The van der Waals surface area contributed by atoms with Gasteiger partial charge in [0.1, 0.15) is 0 Å². The number of fused-ring (bicyclic) bond motifs is 1. The van der Waals surface area contributed by atoms with Crippen LogP contribution in [0.3, 0.4) is 0 Å². The number of nitrogens with zero attached hydrogens (tertiary/aromatic N) is 3. The summed E-state index contributed by atoms with van der Waals surface area (Å²) in [6.07, 6.45) is 4.96. The van der Waals surface area contributed by atoms with Gasteiger partial charge in [-0.3, -0.25) is 20.1 Å². The Balaban J connectivity index is 1.88. The molecule has 8 nitrogen and oxygen atoms in total. The van der Waals surface area contributed by atoms with Crippen LogP contribution < -0.4 is 11.1 Å². The van der Waals surface area contributed by atoms with E-state index in [1.165, 1.54) is 14.0 Å². The number of pyridine rings is 2. The first-order valence-corrected chi connectivity index (χ1v) is 11.1. The molecule has 4 rings (SSSR count). The number of ketones is 1. The van der Waals surface area contributed by atoms with E-state index in [9.17, 15) is 9.59 Å². The van der Waals surface area contributed by atoms with Crippen molar-refractivity contribution in [3.63, 3.8) is 0 Å². The molecule has 0 unspecified atom stereocenters. The Labute approximate surface area is 203 Å². The van der Waals surface area contributed by atoms with E-state index >= 15 is 0 Å². The summed E-state index contributed by atoms with van der Waals surface area (Å²) in [5, 5.41) is 2.65. The molecule has 8 heteroatoms. The monoisotopic (exact) mass is 469 g/mol. The number of benzene rings is 1. The molecule has 0 bridgehead atoms. The summed E-state index contributed by atoms with van der Waals surface area (Å²) >= 11 is 0. The SMILES string of the molecule is COC(=O)Nc1ccc(-c2cn([C@@H](C)c3ccccn3)c3cc(C(C(C)=O)=C(C)N)cnc23)cc1. The molecule has 0 radical (unpaired) electrons. The third-order valence-corrected chi connectivity index (χ3v) is 5.86. The fourth-order valence-electron chi connectivity index (χ4n) is 4.17. The molecule has 0 aliphatic heterocycles. The Morgan fingerprint density at radius 3 is 2.43 bits per heavy atom. The highest BCUT2D eigenvalue weighted by atomic mass is 16.5. The summed E-state index contributed by atoms with van der Waals surface area (Å²) in [5.74, 6) is -0.115. The van der Waals surface area contributed by atoms with Crippen LogP contribution in [-0.2, 0) is 9.53 Å². The van der Waals surface area contributed by atoms with Gasteiger partial charge in [-0.2, -0.15) is 0 Å². The number of nitrogens with two attached hydrogens (primary N) is 1. The van der Waals surface area contributed by atoms with Gasteiger partial charge in [0.25, 0.3) is 0 Å². The van der Waals surface area contributed by atoms with Gasteiger partial charge in [-0.1, -0.05) is 18.2 Å². The number of allylic oxidation sites excluding steroid dienone is 2. The second kappa shape index (κ2) is 9.80. The van der Waals surface area contributed by atoms with Gasteiger partial charge in [0, 0.05) is 46.7 Å².